The quantitative estimate of drug-likeness (QED) is 0.160. The molecule has 0 bridgehead atoms. The van der Waals surface area contributed by atoms with Gasteiger partial charge in [0, 0.05) is 18.4 Å². The van der Waals surface area contributed by atoms with Crippen molar-refractivity contribution in [1.29, 1.82) is 0 Å². The lowest BCUT2D eigenvalue weighted by molar-refractivity contribution is -0.139. The Morgan fingerprint density at radius 2 is 1.24 bits per heavy atom. The van der Waals surface area contributed by atoms with Crippen molar-refractivity contribution in [2.45, 2.75) is 32.6 Å². The number of ether oxygens (including phenoxy) is 5. The predicted molar refractivity (Wildman–Crippen MR) is 136 cm³/mol. The van der Waals surface area contributed by atoms with Crippen molar-refractivity contribution in [3.63, 3.8) is 0 Å². The largest absolute Gasteiger partial charge is 0.497 e. The van der Waals surface area contributed by atoms with E-state index < -0.39 is 17.9 Å². The van der Waals surface area contributed by atoms with Crippen molar-refractivity contribution in [3.05, 3.63) is 95.5 Å². The van der Waals surface area contributed by atoms with Crippen LogP contribution in [0.15, 0.2) is 84.4 Å². The smallest absolute Gasteiger partial charge is 0.343 e. The predicted octanol–water partition coefficient (Wildman–Crippen LogP) is 5.55. The molecule has 1 aliphatic rings. The maximum absolute atomic E-state index is 12.5. The lowest BCUT2D eigenvalue weighted by atomic mass is 10.1. The summed E-state index contributed by atoms with van der Waals surface area (Å²) in [5.41, 5.74) is 1.18. The summed E-state index contributed by atoms with van der Waals surface area (Å²) < 4.78 is 26.7. The summed E-state index contributed by atoms with van der Waals surface area (Å²) in [6.45, 7) is 5.91. The monoisotopic (exact) mass is 506 g/mol. The maximum Gasteiger partial charge on any atom is 0.343 e. The van der Waals surface area contributed by atoms with Crippen LogP contribution in [0.1, 0.15) is 53.3 Å². The molecule has 1 aliphatic carbocycles. The van der Waals surface area contributed by atoms with Crippen LogP contribution in [-0.2, 0) is 19.0 Å². The van der Waals surface area contributed by atoms with Crippen molar-refractivity contribution in [3.8, 4) is 11.5 Å². The van der Waals surface area contributed by atoms with Gasteiger partial charge in [-0.15, -0.1) is 0 Å². The van der Waals surface area contributed by atoms with Gasteiger partial charge in [-0.25, -0.2) is 14.4 Å². The molecular weight excluding hydrogens is 476 g/mol. The third-order valence-corrected chi connectivity index (χ3v) is 5.33. The SMILES string of the molecule is C=C(C)C(=O)OCCCCOc1ccc(C(=O)OC2=CC=C(OC(=O)c3ccc(OC)cc3)CC2)cc1. The summed E-state index contributed by atoms with van der Waals surface area (Å²) in [6, 6.07) is 13.3. The van der Waals surface area contributed by atoms with Crippen LogP contribution in [0.4, 0.5) is 0 Å². The van der Waals surface area contributed by atoms with Gasteiger partial charge in [0.25, 0.3) is 0 Å². The van der Waals surface area contributed by atoms with E-state index in [1.54, 1.807) is 74.7 Å². The Morgan fingerprint density at radius 3 is 1.70 bits per heavy atom. The van der Waals surface area contributed by atoms with E-state index in [0.29, 0.717) is 78.6 Å². The zero-order valence-electron chi connectivity index (χ0n) is 21.0. The molecule has 0 aliphatic heterocycles. The molecule has 3 rings (SSSR count). The molecule has 8 heteroatoms. The zero-order chi connectivity index (χ0) is 26.6. The highest BCUT2D eigenvalue weighted by molar-refractivity contribution is 5.91. The van der Waals surface area contributed by atoms with Crippen molar-refractivity contribution in [1.82, 2.24) is 0 Å². The topological polar surface area (TPSA) is 97.4 Å². The minimum absolute atomic E-state index is 0.317. The fourth-order valence-corrected chi connectivity index (χ4v) is 3.22. The van der Waals surface area contributed by atoms with Gasteiger partial charge in [-0.1, -0.05) is 6.58 Å². The van der Waals surface area contributed by atoms with Crippen molar-refractivity contribution in [2.75, 3.05) is 20.3 Å². The van der Waals surface area contributed by atoms with E-state index in [-0.39, 0.29) is 0 Å². The molecule has 0 saturated carbocycles. The number of hydrogen-bond donors (Lipinski definition) is 0. The van der Waals surface area contributed by atoms with Crippen molar-refractivity contribution < 1.29 is 38.1 Å². The molecule has 2 aromatic carbocycles. The third-order valence-electron chi connectivity index (χ3n) is 5.33. The molecule has 0 fully saturated rings. The van der Waals surface area contributed by atoms with Crippen molar-refractivity contribution in [2.24, 2.45) is 0 Å². The molecule has 0 radical (unpaired) electrons. The Morgan fingerprint density at radius 1 is 0.757 bits per heavy atom. The number of carbonyl (C=O) groups excluding carboxylic acids is 3. The van der Waals surface area contributed by atoms with Gasteiger partial charge in [-0.3, -0.25) is 0 Å². The van der Waals surface area contributed by atoms with E-state index in [0.717, 1.165) is 0 Å². The van der Waals surface area contributed by atoms with Crippen LogP contribution in [0.5, 0.6) is 11.5 Å². The first-order valence-corrected chi connectivity index (χ1v) is 11.9. The molecule has 0 unspecified atom stereocenters. The number of carbonyl (C=O) groups is 3. The lowest BCUT2D eigenvalue weighted by Crippen LogP contribution is -2.10. The molecule has 194 valence electrons. The Labute approximate surface area is 216 Å². The van der Waals surface area contributed by atoms with E-state index in [2.05, 4.69) is 6.58 Å². The number of allylic oxidation sites excluding steroid dienone is 4. The first-order valence-electron chi connectivity index (χ1n) is 11.9. The third kappa shape index (κ3) is 8.68. The van der Waals surface area contributed by atoms with E-state index >= 15 is 0 Å². The van der Waals surface area contributed by atoms with Crippen LogP contribution >= 0.6 is 0 Å². The summed E-state index contributed by atoms with van der Waals surface area (Å²) in [5.74, 6) is 0.926. The van der Waals surface area contributed by atoms with Gasteiger partial charge in [0.05, 0.1) is 31.5 Å². The van der Waals surface area contributed by atoms with E-state index in [9.17, 15) is 14.4 Å². The van der Waals surface area contributed by atoms with E-state index in [1.807, 2.05) is 0 Å². The Balaban J connectivity index is 1.41. The van der Waals surface area contributed by atoms with E-state index in [1.165, 1.54) is 0 Å². The summed E-state index contributed by atoms with van der Waals surface area (Å²) in [6.07, 6.45) is 5.51. The van der Waals surface area contributed by atoms with Gasteiger partial charge < -0.3 is 23.7 Å². The molecule has 0 atom stereocenters. The maximum atomic E-state index is 12.5. The minimum Gasteiger partial charge on any atom is -0.497 e. The molecule has 0 N–H and O–H groups in total. The molecule has 0 spiro atoms. The second kappa shape index (κ2) is 13.7. The van der Waals surface area contributed by atoms with Crippen LogP contribution in [-0.4, -0.2) is 38.2 Å². The lowest BCUT2D eigenvalue weighted by Gasteiger charge is -2.15. The average Bonchev–Trinajstić information content (AvgIpc) is 2.91. The fourth-order valence-electron chi connectivity index (χ4n) is 3.22. The van der Waals surface area contributed by atoms with E-state index in [4.69, 9.17) is 23.7 Å². The van der Waals surface area contributed by atoms with Crippen LogP contribution < -0.4 is 9.47 Å². The number of benzene rings is 2. The van der Waals surface area contributed by atoms with Crippen LogP contribution in [0.2, 0.25) is 0 Å². The molecule has 0 heterocycles. The highest BCUT2D eigenvalue weighted by atomic mass is 16.5. The highest BCUT2D eigenvalue weighted by Gasteiger charge is 2.17. The summed E-state index contributed by atoms with van der Waals surface area (Å²) in [5, 5.41) is 0. The summed E-state index contributed by atoms with van der Waals surface area (Å²) in [4.78, 5) is 36.1. The highest BCUT2D eigenvalue weighted by Crippen LogP contribution is 2.23. The normalized spacial score (nSPS) is 12.5. The van der Waals surface area contributed by atoms with Gasteiger partial charge in [0.15, 0.2) is 0 Å². The molecule has 37 heavy (non-hydrogen) atoms. The second-order valence-electron chi connectivity index (χ2n) is 8.27. The number of esters is 3. The van der Waals surface area contributed by atoms with Crippen molar-refractivity contribution >= 4 is 17.9 Å². The number of rotatable bonds is 12. The molecule has 0 saturated heterocycles. The molecule has 2 aromatic rings. The standard InChI is InChI=1S/C29H30O8/c1-20(2)27(30)35-19-5-4-18-34-24-12-8-22(9-13-24)29(32)37-26-16-14-25(15-17-26)36-28(31)21-6-10-23(33-3)11-7-21/h6-14,16H,1,4-5,15,17-19H2,2-3H3. The molecule has 8 nitrogen and oxygen atoms in total. The van der Waals surface area contributed by atoms with Crippen LogP contribution in [0, 0.1) is 0 Å². The Hall–Kier alpha value is -4.33. The number of methoxy groups -OCH3 is 1. The minimum atomic E-state index is -0.482. The summed E-state index contributed by atoms with van der Waals surface area (Å²) in [7, 11) is 1.56. The molecular formula is C29H30O8. The molecule has 0 aromatic heterocycles. The Kier molecular flexibility index (Phi) is 10.1. The second-order valence-corrected chi connectivity index (χ2v) is 8.27. The van der Waals surface area contributed by atoms with Gasteiger partial charge >= 0.3 is 17.9 Å². The molecule has 0 amide bonds. The van der Waals surface area contributed by atoms with Gasteiger partial charge in [-0.2, -0.15) is 0 Å². The number of hydrogen-bond acceptors (Lipinski definition) is 8. The van der Waals surface area contributed by atoms with Gasteiger partial charge in [-0.05, 0) is 80.4 Å². The number of unbranched alkanes of at least 4 members (excludes halogenated alkanes) is 1. The zero-order valence-corrected chi connectivity index (χ0v) is 21.0. The van der Waals surface area contributed by atoms with Gasteiger partial charge in [0.2, 0.25) is 0 Å². The van der Waals surface area contributed by atoms with Gasteiger partial charge in [0.1, 0.15) is 23.0 Å². The fraction of sp³-hybridized carbons (Fsp3) is 0.276. The first kappa shape index (κ1) is 27.3. The Bertz CT molecular complexity index is 1170. The van der Waals surface area contributed by atoms with Crippen LogP contribution in [0.3, 0.4) is 0 Å². The first-order chi connectivity index (χ1) is 17.9. The average molecular weight is 507 g/mol. The summed E-state index contributed by atoms with van der Waals surface area (Å²) >= 11 is 0. The van der Waals surface area contributed by atoms with Crippen LogP contribution in [0.25, 0.3) is 0 Å².